The normalized spacial score (nSPS) is 10.1. The third-order valence-electron chi connectivity index (χ3n) is 3.38. The van der Waals surface area contributed by atoms with Crippen LogP contribution in [0.25, 0.3) is 0 Å². The van der Waals surface area contributed by atoms with Gasteiger partial charge in [0.2, 0.25) is 6.67 Å². The smallest absolute Gasteiger partial charge is 0.258 e. The van der Waals surface area contributed by atoms with Crippen LogP contribution in [0.1, 0.15) is 0 Å². The van der Waals surface area contributed by atoms with E-state index >= 15 is 0 Å². The Balaban J connectivity index is 2.54. The lowest BCUT2D eigenvalue weighted by molar-refractivity contribution is -0.526. The largest absolute Gasteiger partial charge is 0.298 e. The van der Waals surface area contributed by atoms with E-state index in [1.54, 1.807) is 0 Å². The number of nitro groups is 4. The van der Waals surface area contributed by atoms with E-state index in [9.17, 15) is 40.5 Å². The summed E-state index contributed by atoms with van der Waals surface area (Å²) in [6, 6.07) is 9.16. The monoisotopic (exact) mass is 378 g/mol. The molecule has 2 aromatic carbocycles. The molecule has 0 bridgehead atoms. The SMILES string of the molecule is O=[N+]([O-])c1ccccc1N(CN(c1ccccc1[N+](=O)[O-])[N+](=O)[O-])[N+](=O)[O-]. The molecule has 0 spiro atoms. The highest BCUT2D eigenvalue weighted by Crippen LogP contribution is 2.31. The van der Waals surface area contributed by atoms with Gasteiger partial charge >= 0.3 is 0 Å². The summed E-state index contributed by atoms with van der Waals surface area (Å²) in [5.41, 5.74) is -2.34. The minimum atomic E-state index is -1.12. The number of benzene rings is 2. The summed E-state index contributed by atoms with van der Waals surface area (Å²) < 4.78 is 0. The van der Waals surface area contributed by atoms with Crippen LogP contribution in [0, 0.1) is 40.5 Å². The molecule has 0 amide bonds. The molecule has 14 heteroatoms. The van der Waals surface area contributed by atoms with E-state index in [-0.39, 0.29) is 10.0 Å². The third-order valence-corrected chi connectivity index (χ3v) is 3.38. The predicted molar refractivity (Wildman–Crippen MR) is 90.0 cm³/mol. The summed E-state index contributed by atoms with van der Waals surface area (Å²) in [7, 11) is 0. The van der Waals surface area contributed by atoms with Crippen molar-refractivity contribution in [2.45, 2.75) is 0 Å². The first kappa shape index (κ1) is 19.0. The van der Waals surface area contributed by atoms with Gasteiger partial charge in [-0.15, -0.1) is 0 Å². The molecule has 0 aliphatic heterocycles. The van der Waals surface area contributed by atoms with E-state index in [0.29, 0.717) is 0 Å². The molecule has 0 aliphatic rings. The van der Waals surface area contributed by atoms with Crippen LogP contribution < -0.4 is 10.0 Å². The van der Waals surface area contributed by atoms with E-state index in [1.807, 2.05) is 0 Å². The number of rotatable bonds is 8. The van der Waals surface area contributed by atoms with E-state index in [4.69, 9.17) is 0 Å². The van der Waals surface area contributed by atoms with Crippen molar-refractivity contribution in [3.8, 4) is 0 Å². The molecule has 0 fully saturated rings. The van der Waals surface area contributed by atoms with Gasteiger partial charge in [-0.05, 0) is 12.1 Å². The van der Waals surface area contributed by atoms with Crippen molar-refractivity contribution in [1.82, 2.24) is 0 Å². The zero-order valence-electron chi connectivity index (χ0n) is 13.3. The molecule has 140 valence electrons. The van der Waals surface area contributed by atoms with Gasteiger partial charge in [-0.3, -0.25) is 20.2 Å². The summed E-state index contributed by atoms with van der Waals surface area (Å²) in [6.07, 6.45) is 0. The first-order chi connectivity index (χ1) is 12.7. The molecule has 0 radical (unpaired) electrons. The Morgan fingerprint density at radius 3 is 1.26 bits per heavy atom. The molecule has 2 aromatic rings. The highest BCUT2D eigenvalue weighted by Gasteiger charge is 2.35. The minimum absolute atomic E-state index is 0.164. The van der Waals surface area contributed by atoms with E-state index < -0.39 is 49.3 Å². The molecule has 2 rings (SSSR count). The average Bonchev–Trinajstić information content (AvgIpc) is 2.61. The van der Waals surface area contributed by atoms with Crippen LogP contribution in [0.4, 0.5) is 22.7 Å². The van der Waals surface area contributed by atoms with Crippen molar-refractivity contribution in [3.05, 3.63) is 89.0 Å². The molecule has 0 unspecified atom stereocenters. The summed E-state index contributed by atoms with van der Waals surface area (Å²) >= 11 is 0. The molecular weight excluding hydrogens is 368 g/mol. The number of hydrogen-bond donors (Lipinski definition) is 0. The molecule has 27 heavy (non-hydrogen) atoms. The van der Waals surface area contributed by atoms with Gasteiger partial charge in [-0.25, -0.2) is 20.2 Å². The van der Waals surface area contributed by atoms with Gasteiger partial charge in [0, 0.05) is 12.1 Å². The Kier molecular flexibility index (Phi) is 5.40. The average molecular weight is 378 g/mol. The van der Waals surface area contributed by atoms with Gasteiger partial charge < -0.3 is 0 Å². The Morgan fingerprint density at radius 1 is 0.630 bits per heavy atom. The summed E-state index contributed by atoms with van der Waals surface area (Å²) in [6.45, 7) is -1.12. The van der Waals surface area contributed by atoms with Crippen molar-refractivity contribution in [1.29, 1.82) is 0 Å². The Labute approximate surface area is 149 Å². The topological polar surface area (TPSA) is 179 Å². The highest BCUT2D eigenvalue weighted by molar-refractivity contribution is 5.64. The number of nitrogens with zero attached hydrogens (tertiary/aromatic N) is 6. The van der Waals surface area contributed by atoms with Gasteiger partial charge in [0.25, 0.3) is 11.4 Å². The van der Waals surface area contributed by atoms with Crippen LogP contribution >= 0.6 is 0 Å². The molecule has 0 atom stereocenters. The van der Waals surface area contributed by atoms with Crippen molar-refractivity contribution >= 4 is 22.7 Å². The van der Waals surface area contributed by atoms with Crippen molar-refractivity contribution in [2.75, 3.05) is 16.7 Å². The molecule has 0 heterocycles. The lowest BCUT2D eigenvalue weighted by Gasteiger charge is -2.19. The van der Waals surface area contributed by atoms with Crippen LogP contribution in [0.2, 0.25) is 0 Å². The van der Waals surface area contributed by atoms with Crippen molar-refractivity contribution in [3.63, 3.8) is 0 Å². The van der Waals surface area contributed by atoms with Crippen LogP contribution in [-0.2, 0) is 0 Å². The zero-order chi connectivity index (χ0) is 20.1. The van der Waals surface area contributed by atoms with E-state index in [2.05, 4.69) is 0 Å². The van der Waals surface area contributed by atoms with E-state index in [1.165, 1.54) is 24.3 Å². The Morgan fingerprint density at radius 2 is 0.963 bits per heavy atom. The van der Waals surface area contributed by atoms with Gasteiger partial charge in [-0.2, -0.15) is 0 Å². The van der Waals surface area contributed by atoms with Crippen LogP contribution in [0.3, 0.4) is 0 Å². The number of anilines is 2. The van der Waals surface area contributed by atoms with Crippen molar-refractivity contribution < 1.29 is 19.9 Å². The molecule has 0 aliphatic carbocycles. The summed E-state index contributed by atoms with van der Waals surface area (Å²) in [5, 5.41) is 43.2. The predicted octanol–water partition coefficient (Wildman–Crippen LogP) is 2.16. The van der Waals surface area contributed by atoms with Gasteiger partial charge in [-0.1, -0.05) is 34.3 Å². The Bertz CT molecular complexity index is 846. The fourth-order valence-electron chi connectivity index (χ4n) is 2.23. The van der Waals surface area contributed by atoms with E-state index in [0.717, 1.165) is 24.3 Å². The van der Waals surface area contributed by atoms with Crippen LogP contribution in [0.5, 0.6) is 0 Å². The number of hydrogen-bond acceptors (Lipinski definition) is 8. The summed E-state index contributed by atoms with van der Waals surface area (Å²) in [4.78, 5) is 43.3. The molecule has 0 saturated carbocycles. The van der Waals surface area contributed by atoms with Gasteiger partial charge in [0.1, 0.15) is 0 Å². The highest BCUT2D eigenvalue weighted by atomic mass is 16.7. The second kappa shape index (κ2) is 7.68. The lowest BCUT2D eigenvalue weighted by atomic mass is 10.2. The van der Waals surface area contributed by atoms with Crippen molar-refractivity contribution in [2.24, 2.45) is 0 Å². The standard InChI is InChI=1S/C13H10N6O8/c20-16(21)12-7-3-1-5-10(12)14(18(24)25)9-15(19(26)27)11-6-2-4-8-13(11)17(22)23/h1-8H,9H2. The lowest BCUT2D eigenvalue weighted by Crippen LogP contribution is -2.44. The minimum Gasteiger partial charge on any atom is -0.258 e. The Hall–Kier alpha value is -4.36. The number of para-hydroxylation sites is 4. The van der Waals surface area contributed by atoms with Crippen LogP contribution in [-0.4, -0.2) is 26.6 Å². The number of nitro benzene ring substituents is 2. The second-order valence-corrected chi connectivity index (χ2v) is 4.91. The molecule has 14 nitrogen and oxygen atoms in total. The zero-order valence-corrected chi connectivity index (χ0v) is 13.3. The quantitative estimate of drug-likeness (QED) is 0.375. The third kappa shape index (κ3) is 4.01. The maximum atomic E-state index is 11.4. The fourth-order valence-corrected chi connectivity index (χ4v) is 2.23. The molecule has 0 N–H and O–H groups in total. The number of hydrazine groups is 2. The fraction of sp³-hybridized carbons (Fsp3) is 0.0769. The molecule has 0 aromatic heterocycles. The molecule has 0 saturated heterocycles. The molecular formula is C13H10N6O8. The maximum Gasteiger partial charge on any atom is 0.298 e. The first-order valence-corrected chi connectivity index (χ1v) is 7.04. The van der Waals surface area contributed by atoms with Gasteiger partial charge in [0.15, 0.2) is 21.4 Å². The summed E-state index contributed by atoms with van der Waals surface area (Å²) in [5.74, 6) is 0. The maximum absolute atomic E-state index is 11.4. The second-order valence-electron chi connectivity index (χ2n) is 4.91. The van der Waals surface area contributed by atoms with Gasteiger partial charge in [0.05, 0.1) is 9.85 Å². The van der Waals surface area contributed by atoms with Crippen LogP contribution in [0.15, 0.2) is 48.5 Å². The first-order valence-electron chi connectivity index (χ1n) is 7.04.